The SMILES string of the molecule is CC1Cc2c([nH]c3ccc(F)cc23)[C@@H](c2c(F)cc(/C=C/C(=O)O)cc2F)N1CC(C)(F)F. The van der Waals surface area contributed by atoms with Crippen molar-refractivity contribution in [3.63, 3.8) is 0 Å². The molecule has 9 heteroatoms. The zero-order valence-electron chi connectivity index (χ0n) is 17.8. The van der Waals surface area contributed by atoms with Gasteiger partial charge < -0.3 is 10.1 Å². The van der Waals surface area contributed by atoms with E-state index in [4.69, 9.17) is 5.11 Å². The molecule has 0 fully saturated rings. The molecule has 1 aliphatic heterocycles. The first-order chi connectivity index (χ1) is 15.4. The van der Waals surface area contributed by atoms with E-state index in [9.17, 15) is 18.0 Å². The molecule has 4 rings (SSSR count). The first kappa shape index (κ1) is 23.0. The molecule has 0 saturated heterocycles. The largest absolute Gasteiger partial charge is 0.478 e. The van der Waals surface area contributed by atoms with Crippen LogP contribution in [0.1, 0.15) is 42.3 Å². The molecule has 0 aliphatic carbocycles. The summed E-state index contributed by atoms with van der Waals surface area (Å²) in [6.07, 6.45) is 2.07. The highest BCUT2D eigenvalue weighted by Gasteiger charge is 2.42. The van der Waals surface area contributed by atoms with Gasteiger partial charge in [0.2, 0.25) is 0 Å². The molecule has 4 nitrogen and oxygen atoms in total. The molecule has 1 aromatic heterocycles. The number of carboxylic acids is 1. The lowest BCUT2D eigenvalue weighted by Crippen LogP contribution is -2.47. The van der Waals surface area contributed by atoms with Gasteiger partial charge >= 0.3 is 5.97 Å². The van der Waals surface area contributed by atoms with E-state index in [2.05, 4.69) is 4.98 Å². The van der Waals surface area contributed by atoms with E-state index in [1.165, 1.54) is 23.1 Å². The van der Waals surface area contributed by atoms with Crippen LogP contribution < -0.4 is 0 Å². The van der Waals surface area contributed by atoms with Crippen LogP contribution in [-0.2, 0) is 11.2 Å². The number of aromatic amines is 1. The van der Waals surface area contributed by atoms with Gasteiger partial charge in [-0.25, -0.2) is 26.7 Å². The standard InChI is InChI=1S/C24H21F5N2O2/c1-12-7-16-15-10-14(25)4-5-19(15)30-22(16)23(31(12)11-24(2,28)29)21-17(26)8-13(9-18(21)27)3-6-20(32)33/h3-6,8-10,12,23,30H,7,11H2,1-2H3,(H,32,33)/b6-3+/t12?,23-/m1/s1. The van der Waals surface area contributed by atoms with Crippen molar-refractivity contribution >= 4 is 22.9 Å². The molecule has 2 heterocycles. The number of aliphatic carboxylic acids is 1. The van der Waals surface area contributed by atoms with E-state index in [0.717, 1.165) is 31.2 Å². The maximum Gasteiger partial charge on any atom is 0.328 e. The summed E-state index contributed by atoms with van der Waals surface area (Å²) in [7, 11) is 0. The van der Waals surface area contributed by atoms with E-state index < -0.39 is 53.5 Å². The fourth-order valence-corrected chi connectivity index (χ4v) is 4.53. The van der Waals surface area contributed by atoms with Crippen LogP contribution in [-0.4, -0.2) is 39.5 Å². The van der Waals surface area contributed by atoms with Crippen LogP contribution in [0.5, 0.6) is 0 Å². The summed E-state index contributed by atoms with van der Waals surface area (Å²) >= 11 is 0. The van der Waals surface area contributed by atoms with Gasteiger partial charge in [-0.15, -0.1) is 0 Å². The molecule has 0 saturated carbocycles. The number of halogens is 5. The molecule has 3 aromatic rings. The zero-order chi connectivity index (χ0) is 24.1. The number of carboxylic acid groups (broad SMARTS) is 1. The van der Waals surface area contributed by atoms with Gasteiger partial charge in [0.1, 0.15) is 17.5 Å². The van der Waals surface area contributed by atoms with Crippen LogP contribution in [0, 0.1) is 17.5 Å². The van der Waals surface area contributed by atoms with Gasteiger partial charge in [0.05, 0.1) is 12.6 Å². The Morgan fingerprint density at radius 1 is 1.21 bits per heavy atom. The van der Waals surface area contributed by atoms with Gasteiger partial charge in [0, 0.05) is 41.2 Å². The summed E-state index contributed by atoms with van der Waals surface area (Å²) in [5.41, 5.74) is 1.01. The smallest absolute Gasteiger partial charge is 0.328 e. The number of rotatable bonds is 5. The van der Waals surface area contributed by atoms with Gasteiger partial charge in [-0.3, -0.25) is 4.90 Å². The monoisotopic (exact) mass is 464 g/mol. The molecule has 2 atom stereocenters. The summed E-state index contributed by atoms with van der Waals surface area (Å²) in [4.78, 5) is 15.1. The quantitative estimate of drug-likeness (QED) is 0.378. The number of aromatic nitrogens is 1. The summed E-state index contributed by atoms with van der Waals surface area (Å²) < 4.78 is 72.6. The van der Waals surface area contributed by atoms with Crippen LogP contribution in [0.3, 0.4) is 0 Å². The van der Waals surface area contributed by atoms with Crippen molar-refractivity contribution in [3.05, 3.63) is 76.2 Å². The van der Waals surface area contributed by atoms with Gasteiger partial charge in [0.25, 0.3) is 5.92 Å². The van der Waals surface area contributed by atoms with Gasteiger partial charge in [-0.2, -0.15) is 0 Å². The maximum absolute atomic E-state index is 15.3. The predicted molar refractivity (Wildman–Crippen MR) is 114 cm³/mol. The van der Waals surface area contributed by atoms with E-state index >= 15 is 8.78 Å². The summed E-state index contributed by atoms with van der Waals surface area (Å²) in [5.74, 6) is -6.91. The number of fused-ring (bicyclic) bond motifs is 3. The third-order valence-electron chi connectivity index (χ3n) is 5.83. The third kappa shape index (κ3) is 4.50. The topological polar surface area (TPSA) is 56.3 Å². The average Bonchev–Trinajstić information content (AvgIpc) is 3.04. The number of carbonyl (C=O) groups is 1. The van der Waals surface area contributed by atoms with E-state index in [-0.39, 0.29) is 12.0 Å². The molecule has 174 valence electrons. The molecule has 1 aliphatic rings. The molecule has 0 amide bonds. The van der Waals surface area contributed by atoms with E-state index in [1.807, 2.05) is 0 Å². The number of nitrogens with one attached hydrogen (secondary N) is 1. The molecule has 0 spiro atoms. The normalized spacial score (nSPS) is 19.4. The van der Waals surface area contributed by atoms with Crippen LogP contribution in [0.15, 0.2) is 36.4 Å². The Morgan fingerprint density at radius 3 is 2.48 bits per heavy atom. The predicted octanol–water partition coefficient (Wildman–Crippen LogP) is 5.67. The van der Waals surface area contributed by atoms with Crippen LogP contribution in [0.4, 0.5) is 22.0 Å². The molecule has 1 unspecified atom stereocenters. The Balaban J connectivity index is 1.93. The highest BCUT2D eigenvalue weighted by atomic mass is 19.3. The molecule has 2 aromatic carbocycles. The lowest BCUT2D eigenvalue weighted by atomic mass is 9.87. The fourth-order valence-electron chi connectivity index (χ4n) is 4.53. The minimum atomic E-state index is -3.14. The minimum Gasteiger partial charge on any atom is -0.478 e. The number of H-pyrrole nitrogens is 1. The Labute approximate surface area is 186 Å². The van der Waals surface area contributed by atoms with Crippen molar-refractivity contribution in [3.8, 4) is 0 Å². The zero-order valence-corrected chi connectivity index (χ0v) is 17.8. The number of alkyl halides is 2. The van der Waals surface area contributed by atoms with Gasteiger partial charge in [0.15, 0.2) is 0 Å². The van der Waals surface area contributed by atoms with Crippen LogP contribution in [0.25, 0.3) is 17.0 Å². The molecular formula is C24H21F5N2O2. The molecule has 2 N–H and O–H groups in total. The van der Waals surface area contributed by atoms with E-state index in [0.29, 0.717) is 22.2 Å². The number of benzene rings is 2. The number of hydrogen-bond donors (Lipinski definition) is 2. The Morgan fingerprint density at radius 2 is 1.88 bits per heavy atom. The second-order valence-corrected chi connectivity index (χ2v) is 8.48. The third-order valence-corrected chi connectivity index (χ3v) is 5.83. The Hall–Kier alpha value is -3.20. The summed E-state index contributed by atoms with van der Waals surface area (Å²) in [6.45, 7) is 1.67. The summed E-state index contributed by atoms with van der Waals surface area (Å²) in [6, 6.07) is 4.22. The Kier molecular flexibility index (Phi) is 5.78. The number of nitrogens with zero attached hydrogens (tertiary/aromatic N) is 1. The second-order valence-electron chi connectivity index (χ2n) is 8.48. The first-order valence-corrected chi connectivity index (χ1v) is 10.3. The maximum atomic E-state index is 15.3. The number of hydrogen-bond acceptors (Lipinski definition) is 2. The summed E-state index contributed by atoms with van der Waals surface area (Å²) in [5, 5.41) is 9.29. The van der Waals surface area contributed by atoms with Crippen LogP contribution >= 0.6 is 0 Å². The van der Waals surface area contributed by atoms with E-state index in [1.54, 1.807) is 6.92 Å². The van der Waals surface area contributed by atoms with Crippen molar-refractivity contribution in [2.45, 2.75) is 38.3 Å². The Bertz CT molecular complexity index is 1240. The van der Waals surface area contributed by atoms with Crippen LogP contribution in [0.2, 0.25) is 0 Å². The van der Waals surface area contributed by atoms with Crippen molar-refractivity contribution in [2.24, 2.45) is 0 Å². The van der Waals surface area contributed by atoms with Crippen molar-refractivity contribution in [1.82, 2.24) is 9.88 Å². The highest BCUT2D eigenvalue weighted by molar-refractivity contribution is 5.86. The second kappa shape index (κ2) is 8.30. The highest BCUT2D eigenvalue weighted by Crippen LogP contribution is 2.43. The molecular weight excluding hydrogens is 443 g/mol. The molecule has 33 heavy (non-hydrogen) atoms. The fraction of sp³-hybridized carbons (Fsp3) is 0.292. The lowest BCUT2D eigenvalue weighted by Gasteiger charge is -2.42. The lowest BCUT2D eigenvalue weighted by molar-refractivity contribution is -0.131. The van der Waals surface area contributed by atoms with Gasteiger partial charge in [-0.1, -0.05) is 0 Å². The minimum absolute atomic E-state index is 0.0219. The average molecular weight is 464 g/mol. The van der Waals surface area contributed by atoms with Gasteiger partial charge in [-0.05, 0) is 60.9 Å². The molecule has 0 radical (unpaired) electrons. The van der Waals surface area contributed by atoms with Crippen molar-refractivity contribution in [1.29, 1.82) is 0 Å². The van der Waals surface area contributed by atoms with Crippen molar-refractivity contribution in [2.75, 3.05) is 6.54 Å². The molecule has 0 bridgehead atoms. The first-order valence-electron chi connectivity index (χ1n) is 10.3. The van der Waals surface area contributed by atoms with Crippen molar-refractivity contribution < 1.29 is 31.9 Å².